The standard InChI is InChI=1S/C9H13N5O/c10-5-6-1-3-12-13-9(6)14-4-2-7(14)8(11)15/h1,3,7H,2,4-5,10H2,(H2,11,15). The molecule has 1 unspecified atom stereocenters. The molecular weight excluding hydrogens is 194 g/mol. The predicted octanol–water partition coefficient (Wildman–Crippen LogP) is -1.00. The van der Waals surface area contributed by atoms with Crippen LogP contribution in [0.3, 0.4) is 0 Å². The van der Waals surface area contributed by atoms with Gasteiger partial charge in [0, 0.05) is 18.7 Å². The van der Waals surface area contributed by atoms with E-state index in [4.69, 9.17) is 11.5 Å². The van der Waals surface area contributed by atoms with Crippen molar-refractivity contribution in [2.45, 2.75) is 19.0 Å². The van der Waals surface area contributed by atoms with Crippen LogP contribution in [0, 0.1) is 0 Å². The minimum absolute atomic E-state index is 0.257. The van der Waals surface area contributed by atoms with E-state index < -0.39 is 0 Å². The zero-order valence-corrected chi connectivity index (χ0v) is 8.26. The summed E-state index contributed by atoms with van der Waals surface area (Å²) >= 11 is 0. The second-order valence-corrected chi connectivity index (χ2v) is 3.48. The van der Waals surface area contributed by atoms with Crippen molar-refractivity contribution in [3.63, 3.8) is 0 Å². The number of nitrogens with zero attached hydrogens (tertiary/aromatic N) is 3. The SMILES string of the molecule is NCc1ccnnc1N1CCC1C(N)=O. The van der Waals surface area contributed by atoms with Gasteiger partial charge in [-0.2, -0.15) is 5.10 Å². The number of amides is 1. The lowest BCUT2D eigenvalue weighted by molar-refractivity contribution is -0.120. The van der Waals surface area contributed by atoms with Crippen LogP contribution < -0.4 is 16.4 Å². The van der Waals surface area contributed by atoms with Crippen molar-refractivity contribution in [3.05, 3.63) is 17.8 Å². The van der Waals surface area contributed by atoms with Crippen molar-refractivity contribution >= 4 is 11.7 Å². The van der Waals surface area contributed by atoms with Gasteiger partial charge in [0.05, 0.1) is 6.20 Å². The number of anilines is 1. The fraction of sp³-hybridized carbons (Fsp3) is 0.444. The molecular formula is C9H13N5O. The van der Waals surface area contributed by atoms with Gasteiger partial charge in [-0.15, -0.1) is 5.10 Å². The van der Waals surface area contributed by atoms with Crippen LogP contribution in [-0.4, -0.2) is 28.7 Å². The highest BCUT2D eigenvalue weighted by molar-refractivity contribution is 5.85. The molecule has 15 heavy (non-hydrogen) atoms. The summed E-state index contributed by atoms with van der Waals surface area (Å²) in [7, 11) is 0. The summed E-state index contributed by atoms with van der Waals surface area (Å²) in [4.78, 5) is 12.9. The molecule has 1 aliphatic heterocycles. The monoisotopic (exact) mass is 207 g/mol. The molecule has 1 atom stereocenters. The highest BCUT2D eigenvalue weighted by atomic mass is 16.1. The van der Waals surface area contributed by atoms with Gasteiger partial charge >= 0.3 is 0 Å². The number of aromatic nitrogens is 2. The Morgan fingerprint density at radius 3 is 3.00 bits per heavy atom. The maximum atomic E-state index is 11.1. The first-order valence-corrected chi connectivity index (χ1v) is 4.80. The van der Waals surface area contributed by atoms with Crippen molar-refractivity contribution < 1.29 is 4.79 Å². The number of carbonyl (C=O) groups is 1. The smallest absolute Gasteiger partial charge is 0.240 e. The van der Waals surface area contributed by atoms with E-state index in [0.29, 0.717) is 12.4 Å². The summed E-state index contributed by atoms with van der Waals surface area (Å²) in [5.74, 6) is 0.352. The summed E-state index contributed by atoms with van der Waals surface area (Å²) < 4.78 is 0. The largest absolute Gasteiger partial charge is 0.368 e. The summed E-state index contributed by atoms with van der Waals surface area (Å²) in [6, 6.07) is 1.55. The average molecular weight is 207 g/mol. The van der Waals surface area contributed by atoms with E-state index in [9.17, 15) is 4.79 Å². The van der Waals surface area contributed by atoms with Crippen molar-refractivity contribution in [1.82, 2.24) is 10.2 Å². The van der Waals surface area contributed by atoms with E-state index in [1.807, 2.05) is 4.90 Å². The number of carbonyl (C=O) groups excluding carboxylic acids is 1. The van der Waals surface area contributed by atoms with Crippen LogP contribution in [0.4, 0.5) is 5.82 Å². The Morgan fingerprint density at radius 1 is 1.67 bits per heavy atom. The number of hydrogen-bond donors (Lipinski definition) is 2. The molecule has 2 heterocycles. The van der Waals surface area contributed by atoms with E-state index in [1.165, 1.54) is 0 Å². The fourth-order valence-electron chi connectivity index (χ4n) is 1.69. The Kier molecular flexibility index (Phi) is 2.51. The van der Waals surface area contributed by atoms with Gasteiger partial charge < -0.3 is 16.4 Å². The van der Waals surface area contributed by atoms with Gasteiger partial charge in [-0.05, 0) is 12.5 Å². The molecule has 1 amide bonds. The summed E-state index contributed by atoms with van der Waals surface area (Å²) in [6.45, 7) is 1.16. The van der Waals surface area contributed by atoms with Crippen molar-refractivity contribution in [2.24, 2.45) is 11.5 Å². The van der Waals surface area contributed by atoms with E-state index in [1.54, 1.807) is 12.3 Å². The van der Waals surface area contributed by atoms with Crippen LogP contribution in [0.15, 0.2) is 12.3 Å². The van der Waals surface area contributed by atoms with Gasteiger partial charge in [0.1, 0.15) is 6.04 Å². The third kappa shape index (κ3) is 1.63. The first kappa shape index (κ1) is 9.85. The van der Waals surface area contributed by atoms with E-state index in [2.05, 4.69) is 10.2 Å². The number of rotatable bonds is 3. The molecule has 0 aliphatic carbocycles. The Bertz CT molecular complexity index is 381. The summed E-state index contributed by atoms with van der Waals surface area (Å²) in [5, 5.41) is 7.78. The first-order chi connectivity index (χ1) is 7.24. The molecule has 0 bridgehead atoms. The molecule has 6 heteroatoms. The highest BCUT2D eigenvalue weighted by Gasteiger charge is 2.34. The maximum absolute atomic E-state index is 11.1. The van der Waals surface area contributed by atoms with Crippen LogP contribution in [0.5, 0.6) is 0 Å². The number of hydrogen-bond acceptors (Lipinski definition) is 5. The van der Waals surface area contributed by atoms with Gasteiger partial charge in [0.15, 0.2) is 5.82 Å². The van der Waals surface area contributed by atoms with E-state index >= 15 is 0 Å². The van der Waals surface area contributed by atoms with Gasteiger partial charge in [-0.1, -0.05) is 0 Å². The third-order valence-corrected chi connectivity index (χ3v) is 2.62. The van der Waals surface area contributed by atoms with Crippen LogP contribution >= 0.6 is 0 Å². The summed E-state index contributed by atoms with van der Waals surface area (Å²) in [5.41, 5.74) is 11.7. The molecule has 2 rings (SSSR count). The average Bonchev–Trinajstić information content (AvgIpc) is 2.16. The topological polar surface area (TPSA) is 98.1 Å². The zero-order valence-electron chi connectivity index (χ0n) is 8.26. The van der Waals surface area contributed by atoms with Crippen LogP contribution in [0.25, 0.3) is 0 Å². The van der Waals surface area contributed by atoms with Gasteiger partial charge in [0.25, 0.3) is 0 Å². The molecule has 1 aliphatic rings. The first-order valence-electron chi connectivity index (χ1n) is 4.80. The van der Waals surface area contributed by atoms with Gasteiger partial charge in [-0.25, -0.2) is 0 Å². The molecule has 6 nitrogen and oxygen atoms in total. The minimum atomic E-state index is -0.324. The lowest BCUT2D eigenvalue weighted by atomic mass is 10.0. The van der Waals surface area contributed by atoms with Crippen LogP contribution in [0.1, 0.15) is 12.0 Å². The molecule has 1 saturated heterocycles. The number of nitrogens with two attached hydrogens (primary N) is 2. The van der Waals surface area contributed by atoms with Crippen molar-refractivity contribution in [3.8, 4) is 0 Å². The molecule has 0 saturated carbocycles. The Labute approximate surface area is 87.3 Å². The lowest BCUT2D eigenvalue weighted by Crippen LogP contribution is -2.55. The third-order valence-electron chi connectivity index (χ3n) is 2.62. The molecule has 0 aromatic carbocycles. The van der Waals surface area contributed by atoms with E-state index in [0.717, 1.165) is 18.5 Å². The molecule has 80 valence electrons. The second-order valence-electron chi connectivity index (χ2n) is 3.48. The normalized spacial score (nSPS) is 19.8. The second kappa shape index (κ2) is 3.82. The zero-order chi connectivity index (χ0) is 10.8. The quantitative estimate of drug-likeness (QED) is 0.662. The molecule has 1 fully saturated rings. The van der Waals surface area contributed by atoms with Crippen molar-refractivity contribution in [1.29, 1.82) is 0 Å². The Morgan fingerprint density at radius 2 is 2.47 bits per heavy atom. The van der Waals surface area contributed by atoms with E-state index in [-0.39, 0.29) is 11.9 Å². The molecule has 4 N–H and O–H groups in total. The van der Waals surface area contributed by atoms with Gasteiger partial charge in [-0.3, -0.25) is 4.79 Å². The van der Waals surface area contributed by atoms with Crippen LogP contribution in [0.2, 0.25) is 0 Å². The lowest BCUT2D eigenvalue weighted by Gasteiger charge is -2.40. The molecule has 0 spiro atoms. The number of primary amides is 1. The van der Waals surface area contributed by atoms with Crippen molar-refractivity contribution in [2.75, 3.05) is 11.4 Å². The molecule has 1 aromatic heterocycles. The van der Waals surface area contributed by atoms with Gasteiger partial charge in [0.2, 0.25) is 5.91 Å². The predicted molar refractivity (Wildman–Crippen MR) is 54.9 cm³/mol. The van der Waals surface area contributed by atoms with Crippen LogP contribution in [-0.2, 0) is 11.3 Å². The molecule has 0 radical (unpaired) electrons. The Hall–Kier alpha value is -1.69. The highest BCUT2D eigenvalue weighted by Crippen LogP contribution is 2.26. The minimum Gasteiger partial charge on any atom is -0.368 e. The Balaban J connectivity index is 2.26. The fourth-order valence-corrected chi connectivity index (χ4v) is 1.69. The summed E-state index contributed by atoms with van der Waals surface area (Å²) in [6.07, 6.45) is 2.36. The maximum Gasteiger partial charge on any atom is 0.240 e. The molecule has 1 aromatic rings.